The summed E-state index contributed by atoms with van der Waals surface area (Å²) in [6, 6.07) is 9.49. The minimum absolute atomic E-state index is 0.354. The molecule has 0 spiro atoms. The Morgan fingerprint density at radius 3 is 2.00 bits per heavy atom. The SMILES string of the molecule is CC(c1ccc(C2CCCCC2)cc1)C(C)(C)C. The van der Waals surface area contributed by atoms with E-state index in [2.05, 4.69) is 52.0 Å². The molecule has 1 fully saturated rings. The van der Waals surface area contributed by atoms with E-state index in [9.17, 15) is 0 Å². The van der Waals surface area contributed by atoms with Crippen LogP contribution in [-0.4, -0.2) is 0 Å². The van der Waals surface area contributed by atoms with Gasteiger partial charge in [0.25, 0.3) is 0 Å². The Labute approximate surface area is 113 Å². The first-order chi connectivity index (χ1) is 8.48. The Morgan fingerprint density at radius 1 is 0.944 bits per heavy atom. The van der Waals surface area contributed by atoms with Crippen LogP contribution in [0.15, 0.2) is 24.3 Å². The normalized spacial score (nSPS) is 19.8. The third-order valence-electron chi connectivity index (χ3n) is 4.81. The van der Waals surface area contributed by atoms with Crippen molar-refractivity contribution in [1.82, 2.24) is 0 Å². The highest BCUT2D eigenvalue weighted by molar-refractivity contribution is 5.28. The number of benzene rings is 1. The van der Waals surface area contributed by atoms with E-state index in [1.807, 2.05) is 0 Å². The van der Waals surface area contributed by atoms with E-state index in [1.54, 1.807) is 5.56 Å². The van der Waals surface area contributed by atoms with Crippen LogP contribution in [0.25, 0.3) is 0 Å². The first-order valence-electron chi connectivity index (χ1n) is 7.58. The quantitative estimate of drug-likeness (QED) is 0.609. The van der Waals surface area contributed by atoms with Crippen molar-refractivity contribution < 1.29 is 0 Å². The van der Waals surface area contributed by atoms with Gasteiger partial charge >= 0.3 is 0 Å². The molecule has 0 aliphatic heterocycles. The molecule has 1 saturated carbocycles. The van der Waals surface area contributed by atoms with Crippen molar-refractivity contribution in [2.45, 2.75) is 71.6 Å². The standard InChI is InChI=1S/C18H28/c1-14(18(2,3)4)15-10-12-17(13-11-15)16-8-6-5-7-9-16/h10-14,16H,5-9H2,1-4H3. The molecule has 0 N–H and O–H groups in total. The summed E-state index contributed by atoms with van der Waals surface area (Å²) in [7, 11) is 0. The molecular weight excluding hydrogens is 216 g/mol. The second-order valence-electron chi connectivity index (χ2n) is 7.09. The van der Waals surface area contributed by atoms with Gasteiger partial charge in [-0.3, -0.25) is 0 Å². The van der Waals surface area contributed by atoms with Gasteiger partial charge in [0.2, 0.25) is 0 Å². The van der Waals surface area contributed by atoms with Crippen molar-refractivity contribution in [2.24, 2.45) is 5.41 Å². The lowest BCUT2D eigenvalue weighted by atomic mass is 9.77. The maximum atomic E-state index is 2.38. The Balaban J connectivity index is 2.09. The van der Waals surface area contributed by atoms with E-state index < -0.39 is 0 Å². The molecule has 1 aromatic carbocycles. The first-order valence-corrected chi connectivity index (χ1v) is 7.58. The van der Waals surface area contributed by atoms with Gasteiger partial charge in [-0.25, -0.2) is 0 Å². The zero-order valence-corrected chi connectivity index (χ0v) is 12.5. The van der Waals surface area contributed by atoms with Crippen LogP contribution in [0.2, 0.25) is 0 Å². The summed E-state index contributed by atoms with van der Waals surface area (Å²) in [5, 5.41) is 0. The van der Waals surface area contributed by atoms with Gasteiger partial charge in [-0.15, -0.1) is 0 Å². The molecule has 1 aliphatic rings. The Hall–Kier alpha value is -0.780. The fourth-order valence-electron chi connectivity index (χ4n) is 2.99. The predicted molar refractivity (Wildman–Crippen MR) is 80.1 cm³/mol. The summed E-state index contributed by atoms with van der Waals surface area (Å²) >= 11 is 0. The molecule has 0 radical (unpaired) electrons. The molecule has 1 aromatic rings. The fourth-order valence-corrected chi connectivity index (χ4v) is 2.99. The molecule has 18 heavy (non-hydrogen) atoms. The summed E-state index contributed by atoms with van der Waals surface area (Å²) in [5.74, 6) is 1.45. The second kappa shape index (κ2) is 5.47. The van der Waals surface area contributed by atoms with Gasteiger partial charge in [-0.2, -0.15) is 0 Å². The summed E-state index contributed by atoms with van der Waals surface area (Å²) in [5.41, 5.74) is 3.41. The monoisotopic (exact) mass is 244 g/mol. The van der Waals surface area contributed by atoms with E-state index in [0.717, 1.165) is 5.92 Å². The molecule has 0 bridgehead atoms. The van der Waals surface area contributed by atoms with E-state index in [0.29, 0.717) is 11.3 Å². The lowest BCUT2D eigenvalue weighted by Crippen LogP contribution is -2.15. The van der Waals surface area contributed by atoms with Crippen molar-refractivity contribution in [3.63, 3.8) is 0 Å². The lowest BCUT2D eigenvalue weighted by molar-refractivity contribution is 0.339. The molecule has 0 heterocycles. The minimum Gasteiger partial charge on any atom is -0.0596 e. The third kappa shape index (κ3) is 3.16. The molecule has 1 unspecified atom stereocenters. The highest BCUT2D eigenvalue weighted by Crippen LogP contribution is 2.36. The van der Waals surface area contributed by atoms with Gasteiger partial charge in [-0.05, 0) is 41.2 Å². The van der Waals surface area contributed by atoms with Crippen LogP contribution >= 0.6 is 0 Å². The van der Waals surface area contributed by atoms with Crippen molar-refractivity contribution in [3.8, 4) is 0 Å². The van der Waals surface area contributed by atoms with E-state index in [-0.39, 0.29) is 0 Å². The molecule has 0 nitrogen and oxygen atoms in total. The zero-order chi connectivity index (χ0) is 13.2. The second-order valence-corrected chi connectivity index (χ2v) is 7.09. The van der Waals surface area contributed by atoms with E-state index in [4.69, 9.17) is 0 Å². The summed E-state index contributed by atoms with van der Waals surface area (Å²) < 4.78 is 0. The topological polar surface area (TPSA) is 0 Å². The largest absolute Gasteiger partial charge is 0.0596 e. The highest BCUT2D eigenvalue weighted by Gasteiger charge is 2.22. The van der Waals surface area contributed by atoms with Crippen LogP contribution in [0, 0.1) is 5.41 Å². The van der Waals surface area contributed by atoms with Gasteiger partial charge in [0, 0.05) is 0 Å². The van der Waals surface area contributed by atoms with Gasteiger partial charge < -0.3 is 0 Å². The van der Waals surface area contributed by atoms with E-state index in [1.165, 1.54) is 37.7 Å². The number of rotatable bonds is 2. The molecule has 2 rings (SSSR count). The Morgan fingerprint density at radius 2 is 1.50 bits per heavy atom. The van der Waals surface area contributed by atoms with Crippen molar-refractivity contribution in [2.75, 3.05) is 0 Å². The average Bonchev–Trinajstić information content (AvgIpc) is 2.38. The number of hydrogen-bond donors (Lipinski definition) is 0. The summed E-state index contributed by atoms with van der Waals surface area (Å²) in [4.78, 5) is 0. The summed E-state index contributed by atoms with van der Waals surface area (Å²) in [6.45, 7) is 9.32. The van der Waals surface area contributed by atoms with Crippen molar-refractivity contribution in [1.29, 1.82) is 0 Å². The molecule has 0 aromatic heterocycles. The van der Waals surface area contributed by atoms with Crippen molar-refractivity contribution >= 4 is 0 Å². The maximum absolute atomic E-state index is 2.38. The van der Waals surface area contributed by atoms with E-state index >= 15 is 0 Å². The third-order valence-corrected chi connectivity index (χ3v) is 4.81. The Kier molecular flexibility index (Phi) is 4.14. The van der Waals surface area contributed by atoms with Crippen LogP contribution in [0.4, 0.5) is 0 Å². The summed E-state index contributed by atoms with van der Waals surface area (Å²) in [6.07, 6.45) is 7.08. The van der Waals surface area contributed by atoms with Crippen molar-refractivity contribution in [3.05, 3.63) is 35.4 Å². The minimum atomic E-state index is 0.354. The Bertz CT molecular complexity index is 360. The smallest absolute Gasteiger partial charge is 0.0142 e. The van der Waals surface area contributed by atoms with Gasteiger partial charge in [0.1, 0.15) is 0 Å². The number of hydrogen-bond acceptors (Lipinski definition) is 0. The first kappa shape index (κ1) is 13.6. The predicted octanol–water partition coefficient (Wildman–Crippen LogP) is 5.88. The van der Waals surface area contributed by atoms with Gasteiger partial charge in [-0.1, -0.05) is 71.2 Å². The van der Waals surface area contributed by atoms with Crippen LogP contribution in [0.5, 0.6) is 0 Å². The highest BCUT2D eigenvalue weighted by atomic mass is 14.3. The zero-order valence-electron chi connectivity index (χ0n) is 12.5. The van der Waals surface area contributed by atoms with Crippen LogP contribution in [0.1, 0.15) is 82.8 Å². The molecule has 0 saturated heterocycles. The molecule has 100 valence electrons. The van der Waals surface area contributed by atoms with Gasteiger partial charge in [0.05, 0.1) is 0 Å². The molecule has 0 amide bonds. The van der Waals surface area contributed by atoms with Crippen LogP contribution < -0.4 is 0 Å². The fraction of sp³-hybridized carbons (Fsp3) is 0.667. The average molecular weight is 244 g/mol. The van der Waals surface area contributed by atoms with Gasteiger partial charge in [0.15, 0.2) is 0 Å². The maximum Gasteiger partial charge on any atom is -0.0142 e. The molecular formula is C18H28. The lowest BCUT2D eigenvalue weighted by Gasteiger charge is -2.28. The van der Waals surface area contributed by atoms with Crippen LogP contribution in [-0.2, 0) is 0 Å². The molecule has 1 aliphatic carbocycles. The molecule has 1 atom stereocenters. The van der Waals surface area contributed by atoms with Crippen LogP contribution in [0.3, 0.4) is 0 Å². The molecule has 0 heteroatoms.